The first kappa shape index (κ1) is 13.5. The van der Waals surface area contributed by atoms with Crippen LogP contribution in [-0.2, 0) is 0 Å². The maximum Gasteiger partial charge on any atom is 0.131 e. The molecule has 18 heavy (non-hydrogen) atoms. The van der Waals surface area contributed by atoms with E-state index < -0.39 is 0 Å². The average Bonchev–Trinajstić information content (AvgIpc) is 2.65. The van der Waals surface area contributed by atoms with E-state index in [2.05, 4.69) is 33.2 Å². The van der Waals surface area contributed by atoms with E-state index in [-0.39, 0.29) is 0 Å². The van der Waals surface area contributed by atoms with E-state index in [0.717, 1.165) is 23.9 Å². The second-order valence-corrected chi connectivity index (χ2v) is 5.22. The average molecular weight is 266 g/mol. The van der Waals surface area contributed by atoms with Crippen molar-refractivity contribution in [3.05, 3.63) is 12.4 Å². The highest BCUT2D eigenvalue weighted by Gasteiger charge is 2.12. The Hall–Kier alpha value is -0.970. The fraction of sp³-hybridized carbons (Fsp3) is 0.692. The lowest BCUT2D eigenvalue weighted by atomic mass is 10.1. The predicted octanol–water partition coefficient (Wildman–Crippen LogP) is 2.95. The molecule has 1 fully saturated rings. The summed E-state index contributed by atoms with van der Waals surface area (Å²) in [4.78, 5) is 8.48. The van der Waals surface area contributed by atoms with Crippen LogP contribution >= 0.6 is 12.6 Å². The molecule has 4 nitrogen and oxygen atoms in total. The summed E-state index contributed by atoms with van der Waals surface area (Å²) in [5, 5.41) is 6.74. The standard InChI is InChI=1S/C13H22N4S/c18-8-7-14-12-9-13(16-10-15-12)17-11-5-3-1-2-4-6-11/h9-11,18H,1-8H2,(H2,14,15,16,17). The third kappa shape index (κ3) is 4.37. The fourth-order valence-electron chi connectivity index (χ4n) is 2.35. The first-order valence-electron chi connectivity index (χ1n) is 6.82. The summed E-state index contributed by atoms with van der Waals surface area (Å²) in [5.41, 5.74) is 0. The molecule has 0 spiro atoms. The van der Waals surface area contributed by atoms with Gasteiger partial charge in [-0.2, -0.15) is 12.6 Å². The van der Waals surface area contributed by atoms with Gasteiger partial charge in [-0.15, -0.1) is 0 Å². The minimum atomic E-state index is 0.570. The van der Waals surface area contributed by atoms with Crippen molar-refractivity contribution in [3.8, 4) is 0 Å². The molecule has 0 amide bonds. The largest absolute Gasteiger partial charge is 0.369 e. The molecule has 1 aromatic heterocycles. The highest BCUT2D eigenvalue weighted by molar-refractivity contribution is 7.80. The SMILES string of the molecule is SCCNc1cc(NC2CCCCCC2)ncn1. The summed E-state index contributed by atoms with van der Waals surface area (Å²) < 4.78 is 0. The summed E-state index contributed by atoms with van der Waals surface area (Å²) in [6.07, 6.45) is 9.52. The Bertz CT molecular complexity index is 351. The van der Waals surface area contributed by atoms with Gasteiger partial charge in [0.15, 0.2) is 0 Å². The Morgan fingerprint density at radius 2 is 1.83 bits per heavy atom. The van der Waals surface area contributed by atoms with E-state index in [0.29, 0.717) is 6.04 Å². The van der Waals surface area contributed by atoms with Gasteiger partial charge in [0.05, 0.1) is 0 Å². The van der Waals surface area contributed by atoms with E-state index in [1.54, 1.807) is 6.33 Å². The van der Waals surface area contributed by atoms with E-state index in [9.17, 15) is 0 Å². The molecule has 0 aliphatic heterocycles. The lowest BCUT2D eigenvalue weighted by Crippen LogP contribution is -2.19. The number of aromatic nitrogens is 2. The summed E-state index contributed by atoms with van der Waals surface area (Å²) >= 11 is 4.17. The van der Waals surface area contributed by atoms with Crippen LogP contribution in [0.4, 0.5) is 11.6 Å². The fourth-order valence-corrected chi connectivity index (χ4v) is 2.46. The van der Waals surface area contributed by atoms with E-state index in [1.165, 1.54) is 38.5 Å². The van der Waals surface area contributed by atoms with Crippen molar-refractivity contribution in [2.24, 2.45) is 0 Å². The van der Waals surface area contributed by atoms with E-state index in [1.807, 2.05) is 6.07 Å². The van der Waals surface area contributed by atoms with Crippen LogP contribution in [0.25, 0.3) is 0 Å². The number of thiol groups is 1. The molecule has 1 aliphatic rings. The first-order valence-corrected chi connectivity index (χ1v) is 7.45. The Morgan fingerprint density at radius 1 is 1.11 bits per heavy atom. The number of nitrogens with one attached hydrogen (secondary N) is 2. The maximum absolute atomic E-state index is 4.29. The molecule has 5 heteroatoms. The van der Waals surface area contributed by atoms with Crippen LogP contribution in [0.2, 0.25) is 0 Å². The molecular weight excluding hydrogens is 244 g/mol. The molecule has 1 heterocycles. The van der Waals surface area contributed by atoms with Crippen LogP contribution in [0.1, 0.15) is 38.5 Å². The molecule has 2 rings (SSSR count). The zero-order valence-electron chi connectivity index (χ0n) is 10.7. The van der Waals surface area contributed by atoms with Gasteiger partial charge in [-0.05, 0) is 12.8 Å². The van der Waals surface area contributed by atoms with Gasteiger partial charge in [0.1, 0.15) is 18.0 Å². The number of anilines is 2. The van der Waals surface area contributed by atoms with Crippen molar-refractivity contribution in [2.45, 2.75) is 44.6 Å². The van der Waals surface area contributed by atoms with Crippen LogP contribution in [0.3, 0.4) is 0 Å². The zero-order valence-corrected chi connectivity index (χ0v) is 11.6. The molecule has 0 bridgehead atoms. The number of rotatable bonds is 5. The molecule has 0 unspecified atom stereocenters. The quantitative estimate of drug-likeness (QED) is 0.566. The summed E-state index contributed by atoms with van der Waals surface area (Å²) in [7, 11) is 0. The molecule has 1 aliphatic carbocycles. The monoisotopic (exact) mass is 266 g/mol. The van der Waals surface area contributed by atoms with Gasteiger partial charge in [-0.25, -0.2) is 9.97 Å². The summed E-state index contributed by atoms with van der Waals surface area (Å²) in [6.45, 7) is 0.822. The van der Waals surface area contributed by atoms with Crippen LogP contribution in [-0.4, -0.2) is 28.3 Å². The van der Waals surface area contributed by atoms with Crippen LogP contribution in [0, 0.1) is 0 Å². The van der Waals surface area contributed by atoms with Crippen molar-refractivity contribution >= 4 is 24.3 Å². The highest BCUT2D eigenvalue weighted by atomic mass is 32.1. The molecule has 1 aromatic rings. The lowest BCUT2D eigenvalue weighted by molar-refractivity contribution is 0.617. The molecule has 100 valence electrons. The minimum absolute atomic E-state index is 0.570. The number of hydrogen-bond acceptors (Lipinski definition) is 5. The summed E-state index contributed by atoms with van der Waals surface area (Å²) in [6, 6.07) is 2.55. The first-order chi connectivity index (χ1) is 8.88. The second kappa shape index (κ2) is 7.46. The van der Waals surface area contributed by atoms with Gasteiger partial charge >= 0.3 is 0 Å². The van der Waals surface area contributed by atoms with Crippen LogP contribution in [0.15, 0.2) is 12.4 Å². The van der Waals surface area contributed by atoms with Gasteiger partial charge in [0, 0.05) is 24.4 Å². The third-order valence-electron chi connectivity index (χ3n) is 3.29. The Morgan fingerprint density at radius 3 is 2.56 bits per heavy atom. The molecular formula is C13H22N4S. The molecule has 0 aromatic carbocycles. The maximum atomic E-state index is 4.29. The van der Waals surface area contributed by atoms with Gasteiger partial charge in [0.2, 0.25) is 0 Å². The van der Waals surface area contributed by atoms with Crippen molar-refractivity contribution in [1.82, 2.24) is 9.97 Å². The summed E-state index contributed by atoms with van der Waals surface area (Å²) in [5.74, 6) is 2.60. The van der Waals surface area contributed by atoms with Gasteiger partial charge in [0.25, 0.3) is 0 Å². The highest BCUT2D eigenvalue weighted by Crippen LogP contribution is 2.20. The van der Waals surface area contributed by atoms with Crippen LogP contribution in [0.5, 0.6) is 0 Å². The van der Waals surface area contributed by atoms with Crippen molar-refractivity contribution < 1.29 is 0 Å². The Kier molecular flexibility index (Phi) is 5.58. The normalized spacial score (nSPS) is 17.2. The smallest absolute Gasteiger partial charge is 0.131 e. The van der Waals surface area contributed by atoms with Gasteiger partial charge in [-0.3, -0.25) is 0 Å². The topological polar surface area (TPSA) is 49.8 Å². The number of nitrogens with zero attached hydrogens (tertiary/aromatic N) is 2. The predicted molar refractivity (Wildman–Crippen MR) is 79.5 cm³/mol. The van der Waals surface area contributed by atoms with Gasteiger partial charge < -0.3 is 10.6 Å². The molecule has 0 radical (unpaired) electrons. The molecule has 2 N–H and O–H groups in total. The van der Waals surface area contributed by atoms with Crippen molar-refractivity contribution in [1.29, 1.82) is 0 Å². The zero-order chi connectivity index (χ0) is 12.6. The van der Waals surface area contributed by atoms with Crippen molar-refractivity contribution in [2.75, 3.05) is 22.9 Å². The van der Waals surface area contributed by atoms with Crippen LogP contribution < -0.4 is 10.6 Å². The lowest BCUT2D eigenvalue weighted by Gasteiger charge is -2.17. The third-order valence-corrected chi connectivity index (χ3v) is 3.52. The van der Waals surface area contributed by atoms with Gasteiger partial charge in [-0.1, -0.05) is 25.7 Å². The Labute approximate surface area is 114 Å². The second-order valence-electron chi connectivity index (χ2n) is 4.77. The Balaban J connectivity index is 1.91. The van der Waals surface area contributed by atoms with E-state index in [4.69, 9.17) is 0 Å². The van der Waals surface area contributed by atoms with E-state index >= 15 is 0 Å². The number of hydrogen-bond donors (Lipinski definition) is 3. The minimum Gasteiger partial charge on any atom is -0.369 e. The molecule has 0 atom stereocenters. The molecule has 0 saturated heterocycles. The van der Waals surface area contributed by atoms with Crippen molar-refractivity contribution in [3.63, 3.8) is 0 Å². The molecule has 1 saturated carbocycles.